The number of benzene rings is 2. The van der Waals surface area contributed by atoms with Gasteiger partial charge < -0.3 is 0 Å². The molecule has 35 heavy (non-hydrogen) atoms. The van der Waals surface area contributed by atoms with E-state index in [0.29, 0.717) is 37.9 Å². The summed E-state index contributed by atoms with van der Waals surface area (Å²) in [5.74, 6) is 0. The molecule has 4 nitrogen and oxygen atoms in total. The number of nitrogens with zero attached hydrogens (tertiary/aromatic N) is 4. The van der Waals surface area contributed by atoms with Crippen LogP contribution in [-0.4, -0.2) is 26.2 Å². The first-order valence-electron chi connectivity index (χ1n) is 10.9. The van der Waals surface area contributed by atoms with Gasteiger partial charge in [-0.15, -0.1) is 10.2 Å². The zero-order chi connectivity index (χ0) is 25.0. The van der Waals surface area contributed by atoms with Gasteiger partial charge in [0.1, 0.15) is 16.1 Å². The van der Waals surface area contributed by atoms with Crippen LogP contribution in [-0.2, 0) is 11.8 Å². The van der Waals surface area contributed by atoms with Crippen molar-refractivity contribution in [3.8, 4) is 27.6 Å². The zero-order valence-electron chi connectivity index (χ0n) is 18.3. The Bertz CT molecular complexity index is 1390. The molecule has 0 aliphatic heterocycles. The standard InChI is InChI=1S/C24H18Cl3F3N4S/c1-2-3-16-19(21-31-32-22(35-21)23(10-11-23)24(28,29)30)33-34(18-9-8-15(26)12-17(18)27)20(16)13-4-6-14(25)7-5-13/h4-9,12H,2-3,10-11H2,1H3. The van der Waals surface area contributed by atoms with E-state index in [-0.39, 0.29) is 17.8 Å². The molecule has 1 saturated carbocycles. The SMILES string of the molecule is CCCc1c(-c2nnc(C3(C(F)(F)F)CC3)s2)nn(-c2ccc(Cl)cc2Cl)c1-c1ccc(Cl)cc1. The summed E-state index contributed by atoms with van der Waals surface area (Å²) in [7, 11) is 0. The molecule has 1 aliphatic carbocycles. The Morgan fingerprint density at radius 1 is 1.00 bits per heavy atom. The predicted molar refractivity (Wildman–Crippen MR) is 134 cm³/mol. The molecule has 11 heteroatoms. The molecule has 0 bridgehead atoms. The van der Waals surface area contributed by atoms with Crippen LogP contribution < -0.4 is 0 Å². The van der Waals surface area contributed by atoms with Crippen LogP contribution in [0.1, 0.15) is 36.8 Å². The molecule has 0 amide bonds. The molecule has 1 aliphatic rings. The fourth-order valence-corrected chi connectivity index (χ4v) is 5.83. The molecule has 0 atom stereocenters. The van der Waals surface area contributed by atoms with Gasteiger partial charge >= 0.3 is 6.18 Å². The predicted octanol–water partition coefficient (Wildman–Crippen LogP) is 8.56. The van der Waals surface area contributed by atoms with Crippen molar-refractivity contribution in [1.82, 2.24) is 20.0 Å². The Kier molecular flexibility index (Phi) is 6.36. The first-order chi connectivity index (χ1) is 16.6. The Labute approximate surface area is 218 Å². The normalized spacial score (nSPS) is 14.9. The van der Waals surface area contributed by atoms with Crippen molar-refractivity contribution < 1.29 is 13.2 Å². The Morgan fingerprint density at radius 2 is 1.69 bits per heavy atom. The summed E-state index contributed by atoms with van der Waals surface area (Å²) in [5.41, 5.74) is 1.63. The summed E-state index contributed by atoms with van der Waals surface area (Å²) in [5, 5.41) is 14.7. The van der Waals surface area contributed by atoms with Crippen molar-refractivity contribution in [2.45, 2.75) is 44.2 Å². The maximum absolute atomic E-state index is 13.7. The van der Waals surface area contributed by atoms with Crippen molar-refractivity contribution >= 4 is 46.1 Å². The summed E-state index contributed by atoms with van der Waals surface area (Å²) in [6, 6.07) is 12.4. The van der Waals surface area contributed by atoms with E-state index in [4.69, 9.17) is 39.9 Å². The number of hydrogen-bond acceptors (Lipinski definition) is 4. The van der Waals surface area contributed by atoms with Crippen molar-refractivity contribution in [1.29, 1.82) is 0 Å². The molecule has 0 spiro atoms. The summed E-state index contributed by atoms with van der Waals surface area (Å²) in [6.45, 7) is 2.02. The summed E-state index contributed by atoms with van der Waals surface area (Å²) < 4.78 is 42.8. The maximum atomic E-state index is 13.7. The van der Waals surface area contributed by atoms with Gasteiger partial charge in [0.25, 0.3) is 0 Å². The Morgan fingerprint density at radius 3 is 2.29 bits per heavy atom. The lowest BCUT2D eigenvalue weighted by Crippen LogP contribution is -2.28. The van der Waals surface area contributed by atoms with Crippen molar-refractivity contribution in [3.05, 3.63) is 68.1 Å². The number of aromatic nitrogens is 4. The van der Waals surface area contributed by atoms with Crippen molar-refractivity contribution in [2.75, 3.05) is 0 Å². The molecule has 0 N–H and O–H groups in total. The van der Waals surface area contributed by atoms with Crippen LogP contribution in [0.3, 0.4) is 0 Å². The van der Waals surface area contributed by atoms with E-state index in [9.17, 15) is 13.2 Å². The van der Waals surface area contributed by atoms with E-state index < -0.39 is 11.6 Å². The van der Waals surface area contributed by atoms with Gasteiger partial charge in [0.2, 0.25) is 0 Å². The van der Waals surface area contributed by atoms with E-state index >= 15 is 0 Å². The highest BCUT2D eigenvalue weighted by Crippen LogP contribution is 2.59. The topological polar surface area (TPSA) is 43.6 Å². The molecular formula is C24H18Cl3F3N4S. The fraction of sp³-hybridized carbons (Fsp3) is 0.292. The lowest BCUT2D eigenvalue weighted by molar-refractivity contribution is -0.160. The number of hydrogen-bond donors (Lipinski definition) is 0. The lowest BCUT2D eigenvalue weighted by Gasteiger charge is -2.15. The van der Waals surface area contributed by atoms with Crippen LogP contribution in [0.25, 0.3) is 27.6 Å². The Hall–Kier alpha value is -2.13. The second-order valence-electron chi connectivity index (χ2n) is 8.43. The molecular weight excluding hydrogens is 540 g/mol. The fourth-order valence-electron chi connectivity index (χ4n) is 4.10. The third-order valence-corrected chi connectivity index (χ3v) is 7.99. The highest BCUT2D eigenvalue weighted by molar-refractivity contribution is 7.14. The zero-order valence-corrected chi connectivity index (χ0v) is 21.4. The summed E-state index contributed by atoms with van der Waals surface area (Å²) in [4.78, 5) is 0. The van der Waals surface area contributed by atoms with Gasteiger partial charge in [-0.05, 0) is 49.6 Å². The van der Waals surface area contributed by atoms with Gasteiger partial charge in [0, 0.05) is 21.2 Å². The van der Waals surface area contributed by atoms with E-state index in [2.05, 4.69) is 10.2 Å². The minimum absolute atomic E-state index is 0.0189. The van der Waals surface area contributed by atoms with Crippen LogP contribution in [0.4, 0.5) is 13.2 Å². The highest BCUT2D eigenvalue weighted by atomic mass is 35.5. The third kappa shape index (κ3) is 4.35. The summed E-state index contributed by atoms with van der Waals surface area (Å²) >= 11 is 19.7. The van der Waals surface area contributed by atoms with Crippen molar-refractivity contribution in [2.24, 2.45) is 0 Å². The molecule has 0 unspecified atom stereocenters. The van der Waals surface area contributed by atoms with Gasteiger partial charge in [-0.25, -0.2) is 4.68 Å². The van der Waals surface area contributed by atoms with Gasteiger partial charge in [0.15, 0.2) is 5.01 Å². The van der Waals surface area contributed by atoms with Gasteiger partial charge in [0.05, 0.1) is 16.4 Å². The second kappa shape index (κ2) is 9.07. The number of halogens is 6. The largest absolute Gasteiger partial charge is 0.400 e. The van der Waals surface area contributed by atoms with Crippen LogP contribution in [0.5, 0.6) is 0 Å². The Balaban J connectivity index is 1.73. The first-order valence-corrected chi connectivity index (χ1v) is 12.8. The molecule has 5 rings (SSSR count). The van der Waals surface area contributed by atoms with Crippen LogP contribution in [0.2, 0.25) is 15.1 Å². The van der Waals surface area contributed by atoms with Crippen molar-refractivity contribution in [3.63, 3.8) is 0 Å². The molecule has 2 aromatic carbocycles. The molecule has 2 aromatic heterocycles. The average molecular weight is 558 g/mol. The average Bonchev–Trinajstić information content (AvgIpc) is 3.35. The molecule has 2 heterocycles. The molecule has 0 radical (unpaired) electrons. The van der Waals surface area contributed by atoms with Gasteiger partial charge in [-0.1, -0.05) is 71.6 Å². The van der Waals surface area contributed by atoms with E-state index in [1.165, 1.54) is 0 Å². The van der Waals surface area contributed by atoms with E-state index in [1.807, 2.05) is 19.1 Å². The molecule has 4 aromatic rings. The lowest BCUT2D eigenvalue weighted by atomic mass is 10.0. The maximum Gasteiger partial charge on any atom is 0.400 e. The minimum atomic E-state index is -4.36. The molecule has 0 saturated heterocycles. The van der Waals surface area contributed by atoms with Gasteiger partial charge in [-0.2, -0.15) is 18.3 Å². The van der Waals surface area contributed by atoms with E-state index in [1.54, 1.807) is 35.0 Å². The number of alkyl halides is 3. The monoisotopic (exact) mass is 556 g/mol. The minimum Gasteiger partial charge on any atom is -0.231 e. The summed E-state index contributed by atoms with van der Waals surface area (Å²) in [6.07, 6.45) is -2.90. The van der Waals surface area contributed by atoms with Gasteiger partial charge in [-0.3, -0.25) is 0 Å². The molecule has 1 fully saturated rings. The molecule has 182 valence electrons. The third-order valence-electron chi connectivity index (χ3n) is 6.07. The quantitative estimate of drug-likeness (QED) is 0.238. The van der Waals surface area contributed by atoms with E-state index in [0.717, 1.165) is 34.6 Å². The van der Waals surface area contributed by atoms with Crippen LogP contribution in [0, 0.1) is 0 Å². The second-order valence-corrected chi connectivity index (χ2v) is 10.7. The van der Waals surface area contributed by atoms with Crippen LogP contribution >= 0.6 is 46.1 Å². The van der Waals surface area contributed by atoms with Crippen LogP contribution in [0.15, 0.2) is 42.5 Å². The number of rotatable bonds is 6. The smallest absolute Gasteiger partial charge is 0.231 e. The highest BCUT2D eigenvalue weighted by Gasteiger charge is 2.66. The first kappa shape index (κ1) is 24.6.